The lowest BCUT2D eigenvalue weighted by molar-refractivity contribution is -0.162. The number of ether oxygens (including phenoxy) is 2. The van der Waals surface area contributed by atoms with Crippen LogP contribution in [0.25, 0.3) is 0 Å². The minimum absolute atomic E-state index is 0.0134. The molecule has 4 heterocycles. The maximum atomic E-state index is 13.3. The summed E-state index contributed by atoms with van der Waals surface area (Å²) in [5.41, 5.74) is 2.22. The van der Waals surface area contributed by atoms with Crippen LogP contribution in [0.1, 0.15) is 38.4 Å². The van der Waals surface area contributed by atoms with Gasteiger partial charge in [-0.3, -0.25) is 19.4 Å². The van der Waals surface area contributed by atoms with E-state index in [-0.39, 0.29) is 54.7 Å². The van der Waals surface area contributed by atoms with Gasteiger partial charge in [-0.15, -0.1) is 0 Å². The van der Waals surface area contributed by atoms with Gasteiger partial charge in [0.15, 0.2) is 0 Å². The Kier molecular flexibility index (Phi) is 4.74. The molecule has 2 aromatic carbocycles. The molecular weight excluding hydrogens is 418 g/mol. The van der Waals surface area contributed by atoms with Crippen molar-refractivity contribution in [2.75, 3.05) is 29.9 Å². The Bertz CT molecular complexity index is 1120. The molecule has 2 amide bonds. The standard InChI is InChI=1S/C26H29N3O4/c1-26(2)17-13-20-22(32-25(17)16-7-3-6-10-21(16)33-26)11-12-28(20)15-24(31)29-14-23(30)27-18-8-4-5-9-19(18)29/h3-10,17,20,22,25H,11-15H2,1-2H3,(H,27,30)/t17-,20+,22-,25+/m1/s1. The van der Waals surface area contributed by atoms with Crippen molar-refractivity contribution in [3.63, 3.8) is 0 Å². The molecule has 7 heteroatoms. The molecule has 4 aliphatic heterocycles. The van der Waals surface area contributed by atoms with E-state index in [0.29, 0.717) is 5.69 Å². The van der Waals surface area contributed by atoms with E-state index in [1.165, 1.54) is 0 Å². The number of likely N-dealkylation sites (tertiary alicyclic amines) is 1. The molecule has 6 rings (SSSR count). The first-order valence-electron chi connectivity index (χ1n) is 11.8. The summed E-state index contributed by atoms with van der Waals surface area (Å²) in [6, 6.07) is 15.8. The van der Waals surface area contributed by atoms with Crippen LogP contribution in [0.3, 0.4) is 0 Å². The highest BCUT2D eigenvalue weighted by Gasteiger charge is 2.53. The largest absolute Gasteiger partial charge is 0.487 e. The van der Waals surface area contributed by atoms with Crippen LogP contribution in [-0.4, -0.2) is 54.1 Å². The van der Waals surface area contributed by atoms with E-state index in [2.05, 4.69) is 30.1 Å². The number of carbonyl (C=O) groups is 2. The normalized spacial score (nSPS) is 29.8. The Balaban J connectivity index is 1.22. The average molecular weight is 448 g/mol. The van der Waals surface area contributed by atoms with Crippen molar-refractivity contribution in [3.05, 3.63) is 54.1 Å². The highest BCUT2D eigenvalue weighted by molar-refractivity contribution is 6.10. The van der Waals surface area contributed by atoms with Crippen molar-refractivity contribution >= 4 is 23.2 Å². The second kappa shape index (κ2) is 7.57. The lowest BCUT2D eigenvalue weighted by Crippen LogP contribution is -2.55. The number of para-hydroxylation sites is 3. The summed E-state index contributed by atoms with van der Waals surface area (Å²) in [6.45, 7) is 5.42. The Labute approximate surface area is 193 Å². The van der Waals surface area contributed by atoms with Crippen molar-refractivity contribution in [2.24, 2.45) is 5.92 Å². The minimum Gasteiger partial charge on any atom is -0.487 e. The maximum Gasteiger partial charge on any atom is 0.244 e. The summed E-state index contributed by atoms with van der Waals surface area (Å²) in [5, 5.41) is 2.85. The number of carbonyl (C=O) groups excluding carboxylic acids is 2. The Hall–Kier alpha value is -2.90. The Morgan fingerprint density at radius 3 is 2.82 bits per heavy atom. The highest BCUT2D eigenvalue weighted by Crippen LogP contribution is 2.52. The molecule has 0 saturated carbocycles. The molecule has 4 aliphatic rings. The lowest BCUT2D eigenvalue weighted by atomic mass is 9.74. The van der Waals surface area contributed by atoms with E-state index in [1.54, 1.807) is 4.90 Å². The smallest absolute Gasteiger partial charge is 0.244 e. The zero-order valence-corrected chi connectivity index (χ0v) is 19.0. The number of hydrogen-bond acceptors (Lipinski definition) is 5. The SMILES string of the molecule is CC1(C)Oc2ccccc2[C@@H]2O[C@@H]3CCN(CC(=O)N4CC(=O)Nc5ccccc54)[C@H]3C[C@H]21. The number of hydrogen-bond donors (Lipinski definition) is 1. The fourth-order valence-corrected chi connectivity index (χ4v) is 6.03. The van der Waals surface area contributed by atoms with Crippen LogP contribution in [0.5, 0.6) is 5.75 Å². The van der Waals surface area contributed by atoms with E-state index in [1.807, 2.05) is 42.5 Å². The summed E-state index contributed by atoms with van der Waals surface area (Å²) < 4.78 is 13.1. The van der Waals surface area contributed by atoms with Gasteiger partial charge in [-0.2, -0.15) is 0 Å². The first-order chi connectivity index (χ1) is 15.9. The molecule has 7 nitrogen and oxygen atoms in total. The number of fused-ring (bicyclic) bond motifs is 5. The third-order valence-electron chi connectivity index (χ3n) is 7.68. The van der Waals surface area contributed by atoms with Gasteiger partial charge in [0.05, 0.1) is 30.1 Å². The van der Waals surface area contributed by atoms with Crippen LogP contribution < -0.4 is 15.0 Å². The zero-order chi connectivity index (χ0) is 22.7. The van der Waals surface area contributed by atoms with Crippen molar-refractivity contribution in [1.29, 1.82) is 0 Å². The van der Waals surface area contributed by atoms with E-state index in [0.717, 1.165) is 36.4 Å². The molecule has 2 saturated heterocycles. The highest BCUT2D eigenvalue weighted by atomic mass is 16.5. The second-order valence-corrected chi connectivity index (χ2v) is 10.1. The van der Waals surface area contributed by atoms with E-state index < -0.39 is 0 Å². The Morgan fingerprint density at radius 2 is 1.94 bits per heavy atom. The first-order valence-corrected chi connectivity index (χ1v) is 11.8. The average Bonchev–Trinajstić information content (AvgIpc) is 3.19. The van der Waals surface area contributed by atoms with Gasteiger partial charge >= 0.3 is 0 Å². The monoisotopic (exact) mass is 447 g/mol. The van der Waals surface area contributed by atoms with Crippen LogP contribution in [-0.2, 0) is 14.3 Å². The quantitative estimate of drug-likeness (QED) is 0.765. The number of nitrogens with zero attached hydrogens (tertiary/aromatic N) is 2. The maximum absolute atomic E-state index is 13.3. The second-order valence-electron chi connectivity index (χ2n) is 10.1. The number of amides is 2. The van der Waals surface area contributed by atoms with Gasteiger partial charge in [-0.25, -0.2) is 0 Å². The van der Waals surface area contributed by atoms with Crippen LogP contribution in [0.4, 0.5) is 11.4 Å². The molecule has 2 fully saturated rings. The summed E-state index contributed by atoms with van der Waals surface area (Å²) in [4.78, 5) is 29.4. The molecule has 0 spiro atoms. The molecule has 0 aliphatic carbocycles. The molecular formula is C26H29N3O4. The Morgan fingerprint density at radius 1 is 1.15 bits per heavy atom. The van der Waals surface area contributed by atoms with E-state index in [4.69, 9.17) is 9.47 Å². The summed E-state index contributed by atoms with van der Waals surface area (Å²) in [7, 11) is 0. The lowest BCUT2D eigenvalue weighted by Gasteiger charge is -2.50. The molecule has 0 aromatic heterocycles. The van der Waals surface area contributed by atoms with Gasteiger partial charge in [0.1, 0.15) is 17.9 Å². The summed E-state index contributed by atoms with van der Waals surface area (Å²) >= 11 is 0. The van der Waals surface area contributed by atoms with Gasteiger partial charge in [-0.1, -0.05) is 30.3 Å². The first kappa shape index (κ1) is 20.7. The van der Waals surface area contributed by atoms with Crippen molar-refractivity contribution < 1.29 is 19.1 Å². The predicted molar refractivity (Wildman–Crippen MR) is 124 cm³/mol. The van der Waals surface area contributed by atoms with E-state index in [9.17, 15) is 9.59 Å². The minimum atomic E-state index is -0.355. The van der Waals surface area contributed by atoms with Gasteiger partial charge in [0.25, 0.3) is 0 Å². The topological polar surface area (TPSA) is 71.1 Å². The molecule has 1 N–H and O–H groups in total. The molecule has 4 atom stereocenters. The number of benzene rings is 2. The van der Waals surface area contributed by atoms with Gasteiger partial charge in [0, 0.05) is 24.1 Å². The molecule has 0 unspecified atom stereocenters. The van der Waals surface area contributed by atoms with Crippen LogP contribution in [0.15, 0.2) is 48.5 Å². The molecule has 2 aromatic rings. The van der Waals surface area contributed by atoms with Crippen molar-refractivity contribution in [1.82, 2.24) is 4.90 Å². The van der Waals surface area contributed by atoms with Crippen LogP contribution in [0, 0.1) is 5.92 Å². The summed E-state index contributed by atoms with van der Waals surface area (Å²) in [5.74, 6) is 0.898. The number of rotatable bonds is 2. The van der Waals surface area contributed by atoms with Crippen LogP contribution in [0.2, 0.25) is 0 Å². The molecule has 172 valence electrons. The number of anilines is 2. The third kappa shape index (κ3) is 3.42. The van der Waals surface area contributed by atoms with Crippen molar-refractivity contribution in [3.8, 4) is 5.75 Å². The predicted octanol–water partition coefficient (Wildman–Crippen LogP) is 3.36. The van der Waals surface area contributed by atoms with Crippen LogP contribution >= 0.6 is 0 Å². The van der Waals surface area contributed by atoms with Gasteiger partial charge < -0.3 is 14.8 Å². The van der Waals surface area contributed by atoms with E-state index >= 15 is 0 Å². The molecule has 0 bridgehead atoms. The molecule has 0 radical (unpaired) electrons. The fraction of sp³-hybridized carbons (Fsp3) is 0.462. The van der Waals surface area contributed by atoms with Gasteiger partial charge in [-0.05, 0) is 44.9 Å². The van der Waals surface area contributed by atoms with Crippen molar-refractivity contribution in [2.45, 2.75) is 50.5 Å². The fourth-order valence-electron chi connectivity index (χ4n) is 6.03. The summed E-state index contributed by atoms with van der Waals surface area (Å²) in [6.07, 6.45) is 1.93. The molecule has 33 heavy (non-hydrogen) atoms. The van der Waals surface area contributed by atoms with Gasteiger partial charge in [0.2, 0.25) is 11.8 Å². The third-order valence-corrected chi connectivity index (χ3v) is 7.68. The number of nitrogens with one attached hydrogen (secondary N) is 1. The zero-order valence-electron chi connectivity index (χ0n) is 19.0.